The molecule has 1 aliphatic rings. The molecule has 0 heterocycles. The van der Waals surface area contributed by atoms with Crippen LogP contribution < -0.4 is 9.47 Å². The third-order valence-electron chi connectivity index (χ3n) is 7.66. The number of methoxy groups -OCH3 is 1. The summed E-state index contributed by atoms with van der Waals surface area (Å²) in [6, 6.07) is 34.4. The van der Waals surface area contributed by atoms with Crippen molar-refractivity contribution in [1.82, 2.24) is 0 Å². The molecule has 5 rings (SSSR count). The Labute approximate surface area is 239 Å². The topological polar surface area (TPSA) is 44.8 Å². The van der Waals surface area contributed by atoms with Crippen LogP contribution in [0.4, 0.5) is 8.78 Å². The molecule has 6 heteroatoms. The first-order valence-corrected chi connectivity index (χ1v) is 13.9. The van der Waals surface area contributed by atoms with E-state index in [1.54, 1.807) is 12.1 Å². The van der Waals surface area contributed by atoms with Gasteiger partial charge in [-0.05, 0) is 70.8 Å². The quantitative estimate of drug-likeness (QED) is 0.175. The van der Waals surface area contributed by atoms with Gasteiger partial charge in [0.05, 0.1) is 13.5 Å². The SMILES string of the molecule is COC(=O)CCC(F)(F)COc1ccc([C@@H]2c3ccc(OCc4ccccc4)cc3CC[C@@H]2c2ccccc2)cc1. The van der Waals surface area contributed by atoms with E-state index in [0.29, 0.717) is 12.4 Å². The summed E-state index contributed by atoms with van der Waals surface area (Å²) in [5.41, 5.74) is 6.01. The zero-order valence-electron chi connectivity index (χ0n) is 23.1. The van der Waals surface area contributed by atoms with Gasteiger partial charge < -0.3 is 14.2 Å². The maximum absolute atomic E-state index is 14.2. The molecule has 0 radical (unpaired) electrons. The van der Waals surface area contributed by atoms with E-state index >= 15 is 0 Å². The molecule has 1 aliphatic carbocycles. The van der Waals surface area contributed by atoms with E-state index < -0.39 is 24.9 Å². The van der Waals surface area contributed by atoms with Crippen molar-refractivity contribution in [2.75, 3.05) is 13.7 Å². The zero-order valence-corrected chi connectivity index (χ0v) is 23.1. The van der Waals surface area contributed by atoms with Crippen LogP contribution in [0.1, 0.15) is 58.9 Å². The molecule has 212 valence electrons. The highest BCUT2D eigenvalue weighted by Gasteiger charge is 2.33. The van der Waals surface area contributed by atoms with Crippen molar-refractivity contribution in [1.29, 1.82) is 0 Å². The third kappa shape index (κ3) is 7.31. The second-order valence-electron chi connectivity index (χ2n) is 10.5. The largest absolute Gasteiger partial charge is 0.489 e. The Balaban J connectivity index is 1.35. The Morgan fingerprint density at radius 1 is 0.829 bits per heavy atom. The molecule has 0 fully saturated rings. The van der Waals surface area contributed by atoms with E-state index in [2.05, 4.69) is 53.3 Å². The van der Waals surface area contributed by atoms with Crippen LogP contribution in [0.25, 0.3) is 0 Å². The zero-order chi connectivity index (χ0) is 28.7. The molecule has 4 aromatic carbocycles. The lowest BCUT2D eigenvalue weighted by Gasteiger charge is -2.35. The minimum Gasteiger partial charge on any atom is -0.489 e. The number of alkyl halides is 2. The number of aryl methyl sites for hydroxylation is 1. The number of fused-ring (bicyclic) bond motifs is 1. The molecule has 0 unspecified atom stereocenters. The van der Waals surface area contributed by atoms with Crippen LogP contribution in [0.3, 0.4) is 0 Å². The third-order valence-corrected chi connectivity index (χ3v) is 7.66. The smallest absolute Gasteiger partial charge is 0.305 e. The van der Waals surface area contributed by atoms with Gasteiger partial charge in [0.2, 0.25) is 0 Å². The number of benzene rings is 4. The Kier molecular flexibility index (Phi) is 8.98. The van der Waals surface area contributed by atoms with Gasteiger partial charge in [0.25, 0.3) is 5.92 Å². The molecule has 0 aromatic heterocycles. The Morgan fingerprint density at radius 2 is 1.51 bits per heavy atom. The number of ether oxygens (including phenoxy) is 3. The summed E-state index contributed by atoms with van der Waals surface area (Å²) in [5.74, 6) is -2.21. The molecular formula is C35H34F2O4. The first-order valence-electron chi connectivity index (χ1n) is 13.9. The lowest BCUT2D eigenvalue weighted by atomic mass is 9.69. The average molecular weight is 557 g/mol. The predicted octanol–water partition coefficient (Wildman–Crippen LogP) is 8.09. The molecule has 0 spiro atoms. The van der Waals surface area contributed by atoms with Crippen molar-refractivity contribution in [3.8, 4) is 11.5 Å². The van der Waals surface area contributed by atoms with Gasteiger partial charge in [-0.25, -0.2) is 8.78 Å². The van der Waals surface area contributed by atoms with E-state index in [9.17, 15) is 13.6 Å². The highest BCUT2D eigenvalue weighted by Crippen LogP contribution is 2.47. The standard InChI is InChI=1S/C35H34F2O4/c1-39-33(38)20-21-35(36,37)24-41-29-15-12-27(13-16-29)34-31(26-10-6-3-7-11-26)18-14-28-22-30(17-19-32(28)34)40-23-25-8-4-2-5-9-25/h2-13,15-17,19,22,31,34H,14,18,20-21,23-24H2,1H3/t31-,34+/m1/s1. The first-order chi connectivity index (χ1) is 19.9. The van der Waals surface area contributed by atoms with Gasteiger partial charge in [-0.2, -0.15) is 0 Å². The Hall–Kier alpha value is -4.19. The fraction of sp³-hybridized carbons (Fsp3) is 0.286. The van der Waals surface area contributed by atoms with E-state index in [4.69, 9.17) is 9.47 Å². The van der Waals surface area contributed by atoms with Crippen molar-refractivity contribution >= 4 is 5.97 Å². The first kappa shape index (κ1) is 28.3. The lowest BCUT2D eigenvalue weighted by Crippen LogP contribution is -2.26. The molecule has 0 amide bonds. The number of hydrogen-bond donors (Lipinski definition) is 0. The second kappa shape index (κ2) is 13.0. The fourth-order valence-electron chi connectivity index (χ4n) is 5.52. The average Bonchev–Trinajstić information content (AvgIpc) is 3.02. The number of rotatable bonds is 11. The van der Waals surface area contributed by atoms with Crippen molar-refractivity contribution in [2.45, 2.75) is 50.0 Å². The predicted molar refractivity (Wildman–Crippen MR) is 155 cm³/mol. The normalized spacial score (nSPS) is 16.5. The van der Waals surface area contributed by atoms with E-state index in [1.165, 1.54) is 23.8 Å². The van der Waals surface area contributed by atoms with Gasteiger partial charge >= 0.3 is 5.97 Å². The van der Waals surface area contributed by atoms with Gasteiger partial charge in [0.1, 0.15) is 18.1 Å². The van der Waals surface area contributed by atoms with Crippen LogP contribution in [0.15, 0.2) is 103 Å². The number of hydrogen-bond acceptors (Lipinski definition) is 4. The van der Waals surface area contributed by atoms with Gasteiger partial charge in [-0.1, -0.05) is 78.9 Å². The van der Waals surface area contributed by atoms with Gasteiger partial charge in [0, 0.05) is 12.3 Å². The van der Waals surface area contributed by atoms with E-state index in [0.717, 1.165) is 29.7 Å². The van der Waals surface area contributed by atoms with Crippen LogP contribution in [0.2, 0.25) is 0 Å². The summed E-state index contributed by atoms with van der Waals surface area (Å²) < 4.78 is 44.4. The molecule has 2 atom stereocenters. The van der Waals surface area contributed by atoms with Crippen molar-refractivity contribution < 1.29 is 27.8 Å². The van der Waals surface area contributed by atoms with Gasteiger partial charge in [-0.15, -0.1) is 0 Å². The van der Waals surface area contributed by atoms with Crippen LogP contribution >= 0.6 is 0 Å². The number of carbonyl (C=O) groups is 1. The van der Waals surface area contributed by atoms with E-state index in [1.807, 2.05) is 42.5 Å². The monoisotopic (exact) mass is 556 g/mol. The van der Waals surface area contributed by atoms with Gasteiger partial charge in [0.15, 0.2) is 6.61 Å². The highest BCUT2D eigenvalue weighted by molar-refractivity contribution is 5.69. The summed E-state index contributed by atoms with van der Waals surface area (Å²) in [6.45, 7) is -0.285. The molecule has 4 nitrogen and oxygen atoms in total. The summed E-state index contributed by atoms with van der Waals surface area (Å²) in [4.78, 5) is 11.2. The number of halogens is 2. The second-order valence-corrected chi connectivity index (χ2v) is 10.5. The molecule has 0 N–H and O–H groups in total. The van der Waals surface area contributed by atoms with Crippen LogP contribution in [-0.4, -0.2) is 25.6 Å². The van der Waals surface area contributed by atoms with Crippen LogP contribution in [-0.2, 0) is 22.6 Å². The Morgan fingerprint density at radius 3 is 2.22 bits per heavy atom. The number of carbonyl (C=O) groups excluding carboxylic acids is 1. The van der Waals surface area contributed by atoms with Crippen molar-refractivity contribution in [3.05, 3.63) is 131 Å². The van der Waals surface area contributed by atoms with Crippen molar-refractivity contribution in [2.24, 2.45) is 0 Å². The highest BCUT2D eigenvalue weighted by atomic mass is 19.3. The summed E-state index contributed by atoms with van der Waals surface area (Å²) in [5, 5.41) is 0. The molecule has 4 aromatic rings. The lowest BCUT2D eigenvalue weighted by molar-refractivity contribution is -0.143. The van der Waals surface area contributed by atoms with Crippen molar-refractivity contribution in [3.63, 3.8) is 0 Å². The summed E-state index contributed by atoms with van der Waals surface area (Å²) >= 11 is 0. The molecule has 0 saturated carbocycles. The van der Waals surface area contributed by atoms with Crippen LogP contribution in [0.5, 0.6) is 11.5 Å². The molecular weight excluding hydrogens is 522 g/mol. The maximum Gasteiger partial charge on any atom is 0.305 e. The maximum atomic E-state index is 14.2. The molecule has 0 saturated heterocycles. The summed E-state index contributed by atoms with van der Waals surface area (Å²) in [6.07, 6.45) is 0.948. The number of esters is 1. The molecule has 0 bridgehead atoms. The van der Waals surface area contributed by atoms with Crippen LogP contribution in [0, 0.1) is 0 Å². The fourth-order valence-corrected chi connectivity index (χ4v) is 5.52. The molecule has 0 aliphatic heterocycles. The van der Waals surface area contributed by atoms with Gasteiger partial charge in [-0.3, -0.25) is 4.79 Å². The minimum absolute atomic E-state index is 0.0971. The minimum atomic E-state index is -3.13. The molecule has 41 heavy (non-hydrogen) atoms. The Bertz CT molecular complexity index is 1420. The van der Waals surface area contributed by atoms with E-state index in [-0.39, 0.29) is 18.3 Å². The summed E-state index contributed by atoms with van der Waals surface area (Å²) in [7, 11) is 1.18.